The number of hydrogen-bond donors (Lipinski definition) is 2. The highest BCUT2D eigenvalue weighted by atomic mass is 16.2. The first-order valence-electron chi connectivity index (χ1n) is 10.1. The van der Waals surface area contributed by atoms with Gasteiger partial charge in [0, 0.05) is 19.1 Å². The molecule has 5 nitrogen and oxygen atoms in total. The molecule has 2 N–H and O–H groups in total. The third-order valence-corrected chi connectivity index (χ3v) is 6.04. The standard InChI is InChI=1S/C19H33N3O2/c23-18(20-14-15-8-3-1-4-9-15)17-12-7-13-22(17)19(24)21-16-10-5-2-6-11-16/h15-17H,1-14H2,(H,20,23)(H,21,24). The third-order valence-electron chi connectivity index (χ3n) is 6.04. The SMILES string of the molecule is O=C(NCC1CCCCC1)C1CCCN1C(=O)NC1CCCCC1. The molecule has 1 heterocycles. The fourth-order valence-corrected chi connectivity index (χ4v) is 4.54. The largest absolute Gasteiger partial charge is 0.354 e. The van der Waals surface area contributed by atoms with Crippen molar-refractivity contribution < 1.29 is 9.59 Å². The molecule has 0 aromatic carbocycles. The molecule has 0 spiro atoms. The van der Waals surface area contributed by atoms with E-state index in [4.69, 9.17) is 0 Å². The number of rotatable bonds is 4. The van der Waals surface area contributed by atoms with Gasteiger partial charge in [-0.1, -0.05) is 38.5 Å². The number of carbonyl (C=O) groups is 2. The van der Waals surface area contributed by atoms with Gasteiger partial charge >= 0.3 is 6.03 Å². The van der Waals surface area contributed by atoms with Crippen LogP contribution in [0.15, 0.2) is 0 Å². The zero-order valence-electron chi connectivity index (χ0n) is 14.9. The second-order valence-corrected chi connectivity index (χ2v) is 7.89. The molecule has 1 aliphatic heterocycles. The Kier molecular flexibility index (Phi) is 6.38. The minimum Gasteiger partial charge on any atom is -0.354 e. The van der Waals surface area contributed by atoms with Crippen LogP contribution >= 0.6 is 0 Å². The van der Waals surface area contributed by atoms with Crippen molar-refractivity contribution in [2.75, 3.05) is 13.1 Å². The van der Waals surface area contributed by atoms with Gasteiger partial charge in [0.15, 0.2) is 0 Å². The van der Waals surface area contributed by atoms with E-state index in [-0.39, 0.29) is 18.0 Å². The number of nitrogens with zero attached hydrogens (tertiary/aromatic N) is 1. The van der Waals surface area contributed by atoms with E-state index in [1.807, 2.05) is 0 Å². The molecule has 2 saturated carbocycles. The van der Waals surface area contributed by atoms with Crippen LogP contribution in [-0.4, -0.2) is 42.0 Å². The minimum absolute atomic E-state index is 0.0304. The molecule has 0 aromatic heterocycles. The molecular weight excluding hydrogens is 302 g/mol. The number of carbonyl (C=O) groups excluding carboxylic acids is 2. The van der Waals surface area contributed by atoms with Gasteiger partial charge in [-0.2, -0.15) is 0 Å². The van der Waals surface area contributed by atoms with E-state index in [1.165, 1.54) is 51.4 Å². The van der Waals surface area contributed by atoms with Crippen molar-refractivity contribution in [3.63, 3.8) is 0 Å². The maximum atomic E-state index is 12.6. The van der Waals surface area contributed by atoms with Crippen LogP contribution in [0.4, 0.5) is 4.79 Å². The first-order chi connectivity index (χ1) is 11.7. The van der Waals surface area contributed by atoms with Crippen molar-refractivity contribution in [3.05, 3.63) is 0 Å². The molecule has 3 amide bonds. The summed E-state index contributed by atoms with van der Waals surface area (Å²) in [5.74, 6) is 0.686. The Balaban J connectivity index is 1.46. The molecule has 3 rings (SSSR count). The highest BCUT2D eigenvalue weighted by Gasteiger charge is 2.35. The van der Waals surface area contributed by atoms with Gasteiger partial charge in [-0.3, -0.25) is 4.79 Å². The zero-order valence-corrected chi connectivity index (χ0v) is 14.9. The summed E-state index contributed by atoms with van der Waals surface area (Å²) in [5, 5.41) is 6.28. The van der Waals surface area contributed by atoms with Crippen LogP contribution in [0.2, 0.25) is 0 Å². The molecule has 1 saturated heterocycles. The van der Waals surface area contributed by atoms with E-state index in [0.717, 1.165) is 32.2 Å². The molecule has 24 heavy (non-hydrogen) atoms. The molecule has 3 aliphatic rings. The van der Waals surface area contributed by atoms with Gasteiger partial charge in [-0.15, -0.1) is 0 Å². The van der Waals surface area contributed by atoms with Gasteiger partial charge in [0.05, 0.1) is 0 Å². The summed E-state index contributed by atoms with van der Waals surface area (Å²) < 4.78 is 0. The van der Waals surface area contributed by atoms with Gasteiger partial charge in [0.1, 0.15) is 6.04 Å². The van der Waals surface area contributed by atoms with Gasteiger partial charge < -0.3 is 15.5 Å². The predicted molar refractivity (Wildman–Crippen MR) is 94.7 cm³/mol. The van der Waals surface area contributed by atoms with Crippen LogP contribution < -0.4 is 10.6 Å². The lowest BCUT2D eigenvalue weighted by molar-refractivity contribution is -0.124. The molecule has 136 valence electrons. The summed E-state index contributed by atoms with van der Waals surface area (Å²) in [6.45, 7) is 1.49. The third kappa shape index (κ3) is 4.64. The summed E-state index contributed by atoms with van der Waals surface area (Å²) in [5.41, 5.74) is 0. The average Bonchev–Trinajstić information content (AvgIpc) is 3.11. The molecule has 1 unspecified atom stereocenters. The van der Waals surface area contributed by atoms with Crippen LogP contribution in [0.5, 0.6) is 0 Å². The normalized spacial score (nSPS) is 26.3. The average molecular weight is 335 g/mol. The van der Waals surface area contributed by atoms with E-state index in [0.29, 0.717) is 18.5 Å². The summed E-state index contributed by atoms with van der Waals surface area (Å²) in [7, 11) is 0. The Morgan fingerprint density at radius 1 is 0.833 bits per heavy atom. The van der Waals surface area contributed by atoms with Gasteiger partial charge in [-0.05, 0) is 44.4 Å². The molecule has 0 aromatic rings. The van der Waals surface area contributed by atoms with Crippen LogP contribution in [0.25, 0.3) is 0 Å². The first-order valence-corrected chi connectivity index (χ1v) is 10.1. The lowest BCUT2D eigenvalue weighted by Crippen LogP contribution is -2.52. The number of nitrogens with one attached hydrogen (secondary N) is 2. The molecule has 0 radical (unpaired) electrons. The van der Waals surface area contributed by atoms with E-state index in [1.54, 1.807) is 4.90 Å². The molecule has 2 aliphatic carbocycles. The van der Waals surface area contributed by atoms with E-state index >= 15 is 0 Å². The van der Waals surface area contributed by atoms with Crippen molar-refractivity contribution in [3.8, 4) is 0 Å². The van der Waals surface area contributed by atoms with Crippen LogP contribution in [0.1, 0.15) is 77.0 Å². The monoisotopic (exact) mass is 335 g/mol. The Bertz CT molecular complexity index is 428. The van der Waals surface area contributed by atoms with Crippen molar-refractivity contribution in [2.24, 2.45) is 5.92 Å². The lowest BCUT2D eigenvalue weighted by Gasteiger charge is -2.29. The minimum atomic E-state index is -0.266. The zero-order chi connectivity index (χ0) is 16.8. The van der Waals surface area contributed by atoms with Crippen molar-refractivity contribution in [1.82, 2.24) is 15.5 Å². The molecule has 1 atom stereocenters. The fraction of sp³-hybridized carbons (Fsp3) is 0.895. The highest BCUT2D eigenvalue weighted by Crippen LogP contribution is 2.24. The Labute approximate surface area is 145 Å². The van der Waals surface area contributed by atoms with E-state index in [2.05, 4.69) is 10.6 Å². The molecule has 3 fully saturated rings. The summed E-state index contributed by atoms with van der Waals surface area (Å²) >= 11 is 0. The van der Waals surface area contributed by atoms with Crippen molar-refractivity contribution in [2.45, 2.75) is 89.1 Å². The molecular formula is C19H33N3O2. The Morgan fingerprint density at radius 3 is 2.21 bits per heavy atom. The van der Waals surface area contributed by atoms with Gasteiger partial charge in [0.2, 0.25) is 5.91 Å². The van der Waals surface area contributed by atoms with Crippen LogP contribution in [-0.2, 0) is 4.79 Å². The highest BCUT2D eigenvalue weighted by molar-refractivity contribution is 5.87. The Hall–Kier alpha value is -1.26. The maximum Gasteiger partial charge on any atom is 0.318 e. The maximum absolute atomic E-state index is 12.6. The summed E-state index contributed by atoms with van der Waals surface area (Å²) in [6, 6.07) is 0.00666. The quantitative estimate of drug-likeness (QED) is 0.829. The first kappa shape index (κ1) is 17.6. The summed E-state index contributed by atoms with van der Waals surface area (Å²) in [6.07, 6.45) is 14.0. The topological polar surface area (TPSA) is 61.4 Å². The number of urea groups is 1. The molecule has 5 heteroatoms. The number of hydrogen-bond acceptors (Lipinski definition) is 2. The number of amides is 3. The van der Waals surface area contributed by atoms with Crippen molar-refractivity contribution >= 4 is 11.9 Å². The second kappa shape index (κ2) is 8.72. The smallest absolute Gasteiger partial charge is 0.318 e. The fourth-order valence-electron chi connectivity index (χ4n) is 4.54. The van der Waals surface area contributed by atoms with Gasteiger partial charge in [-0.25, -0.2) is 4.79 Å². The van der Waals surface area contributed by atoms with Crippen LogP contribution in [0.3, 0.4) is 0 Å². The number of likely N-dealkylation sites (tertiary alicyclic amines) is 1. The summed E-state index contributed by atoms with van der Waals surface area (Å²) in [4.78, 5) is 26.9. The Morgan fingerprint density at radius 2 is 1.50 bits per heavy atom. The van der Waals surface area contributed by atoms with Crippen molar-refractivity contribution in [1.29, 1.82) is 0 Å². The molecule has 0 bridgehead atoms. The second-order valence-electron chi connectivity index (χ2n) is 7.89. The predicted octanol–water partition coefficient (Wildman–Crippen LogP) is 3.19. The van der Waals surface area contributed by atoms with E-state index in [9.17, 15) is 9.59 Å². The van der Waals surface area contributed by atoms with Crippen LogP contribution in [0, 0.1) is 5.92 Å². The van der Waals surface area contributed by atoms with Gasteiger partial charge in [0.25, 0.3) is 0 Å². The lowest BCUT2D eigenvalue weighted by atomic mass is 9.89. The van der Waals surface area contributed by atoms with E-state index < -0.39 is 0 Å².